The monoisotopic (exact) mass is 459 g/mol. The smallest absolute Gasteiger partial charge is 0.325 e. The Kier molecular flexibility index (Phi) is 6.59. The quantitative estimate of drug-likeness (QED) is 0.204. The van der Waals surface area contributed by atoms with Gasteiger partial charge in [0.25, 0.3) is 17.5 Å². The molecule has 0 aliphatic carbocycles. The Balaban J connectivity index is 1.51. The summed E-state index contributed by atoms with van der Waals surface area (Å²) in [6.45, 7) is -1.92. The summed E-state index contributed by atoms with van der Waals surface area (Å²) in [4.78, 5) is 71.4. The molecule has 2 aromatic rings. The largest absolute Gasteiger partial charge is 0.456 e. The fourth-order valence-electron chi connectivity index (χ4n) is 2.90. The molecule has 2 aromatic carbocycles. The second-order valence-electron chi connectivity index (χ2n) is 6.52. The first-order valence-corrected chi connectivity index (χ1v) is 9.41. The second-order valence-corrected chi connectivity index (χ2v) is 6.96. The summed E-state index contributed by atoms with van der Waals surface area (Å²) in [6.07, 6.45) is 0. The Morgan fingerprint density at radius 1 is 1.06 bits per heavy atom. The van der Waals surface area contributed by atoms with Crippen molar-refractivity contribution in [3.8, 4) is 0 Å². The Hall–Kier alpha value is -4.12. The molecule has 12 heteroatoms. The summed E-state index contributed by atoms with van der Waals surface area (Å²) in [5.74, 6) is -4.11. The van der Waals surface area contributed by atoms with E-state index in [2.05, 4.69) is 5.32 Å². The molecule has 0 aromatic heterocycles. The van der Waals surface area contributed by atoms with Crippen molar-refractivity contribution in [1.82, 2.24) is 10.2 Å². The first-order valence-electron chi connectivity index (χ1n) is 9.03. The minimum Gasteiger partial charge on any atom is -0.456 e. The van der Waals surface area contributed by atoms with Crippen LogP contribution >= 0.6 is 11.6 Å². The number of carbonyl (C=O) groups excluding carboxylic acids is 5. The Labute approximate surface area is 185 Å². The summed E-state index contributed by atoms with van der Waals surface area (Å²) in [7, 11) is 0. The van der Waals surface area contributed by atoms with Crippen molar-refractivity contribution in [2.45, 2.75) is 0 Å². The van der Waals surface area contributed by atoms with Crippen LogP contribution < -0.4 is 5.32 Å². The summed E-state index contributed by atoms with van der Waals surface area (Å²) >= 11 is 5.73. The van der Waals surface area contributed by atoms with Gasteiger partial charge in [-0.25, -0.2) is 0 Å². The Morgan fingerprint density at radius 2 is 1.75 bits per heavy atom. The van der Waals surface area contributed by atoms with Gasteiger partial charge >= 0.3 is 5.97 Å². The first-order chi connectivity index (χ1) is 15.2. The molecule has 0 atom stereocenters. The van der Waals surface area contributed by atoms with E-state index in [1.165, 1.54) is 36.4 Å². The molecule has 164 valence electrons. The number of nitro benzene ring substituents is 1. The van der Waals surface area contributed by atoms with E-state index in [0.717, 1.165) is 6.07 Å². The average molecular weight is 460 g/mol. The van der Waals surface area contributed by atoms with Gasteiger partial charge in [0.2, 0.25) is 5.91 Å². The van der Waals surface area contributed by atoms with Crippen LogP contribution in [0.15, 0.2) is 42.5 Å². The zero-order valence-electron chi connectivity index (χ0n) is 16.2. The van der Waals surface area contributed by atoms with Crippen LogP contribution in [0.1, 0.15) is 31.1 Å². The maximum Gasteiger partial charge on any atom is 0.325 e. The van der Waals surface area contributed by atoms with E-state index in [0.29, 0.717) is 9.92 Å². The fourth-order valence-corrected chi connectivity index (χ4v) is 3.02. The number of nitrogens with one attached hydrogen (secondary N) is 1. The molecule has 0 saturated carbocycles. The van der Waals surface area contributed by atoms with Crippen molar-refractivity contribution in [1.29, 1.82) is 0 Å². The molecular weight excluding hydrogens is 446 g/mol. The number of ether oxygens (including phenoxy) is 1. The summed E-state index contributed by atoms with van der Waals surface area (Å²) in [5.41, 5.74) is -0.837. The molecule has 0 fully saturated rings. The summed E-state index contributed by atoms with van der Waals surface area (Å²) in [5, 5.41) is 13.7. The van der Waals surface area contributed by atoms with Gasteiger partial charge in [0, 0.05) is 16.7 Å². The van der Waals surface area contributed by atoms with Crippen LogP contribution in [0, 0.1) is 10.1 Å². The molecule has 1 aliphatic rings. The molecule has 0 saturated heterocycles. The highest BCUT2D eigenvalue weighted by molar-refractivity contribution is 6.30. The zero-order valence-corrected chi connectivity index (χ0v) is 17.0. The van der Waals surface area contributed by atoms with E-state index in [1.807, 2.05) is 0 Å². The number of hydrogen-bond donors (Lipinski definition) is 1. The van der Waals surface area contributed by atoms with E-state index in [-0.39, 0.29) is 11.1 Å². The van der Waals surface area contributed by atoms with Gasteiger partial charge in [-0.1, -0.05) is 17.7 Å². The number of nitro groups is 1. The number of rotatable bonds is 8. The third kappa shape index (κ3) is 4.78. The molecule has 3 amide bonds. The van der Waals surface area contributed by atoms with Crippen LogP contribution in [-0.4, -0.2) is 59.0 Å². The molecule has 1 N–H and O–H groups in total. The molecule has 3 rings (SSSR count). The molecule has 0 spiro atoms. The second kappa shape index (κ2) is 9.35. The molecule has 0 bridgehead atoms. The number of halogens is 1. The number of ketones is 1. The third-order valence-corrected chi connectivity index (χ3v) is 4.69. The zero-order chi connectivity index (χ0) is 23.4. The molecule has 1 heterocycles. The molecule has 1 aliphatic heterocycles. The molecule has 0 unspecified atom stereocenters. The molecule has 0 radical (unpaired) electrons. The van der Waals surface area contributed by atoms with Crippen molar-refractivity contribution < 1.29 is 33.6 Å². The van der Waals surface area contributed by atoms with Crippen molar-refractivity contribution in [3.63, 3.8) is 0 Å². The van der Waals surface area contributed by atoms with Crippen LogP contribution in [0.3, 0.4) is 0 Å². The maximum absolute atomic E-state index is 12.4. The van der Waals surface area contributed by atoms with Crippen molar-refractivity contribution in [2.24, 2.45) is 0 Å². The van der Waals surface area contributed by atoms with Gasteiger partial charge in [-0.05, 0) is 30.3 Å². The van der Waals surface area contributed by atoms with Crippen molar-refractivity contribution in [2.75, 3.05) is 19.7 Å². The van der Waals surface area contributed by atoms with E-state index in [1.54, 1.807) is 0 Å². The van der Waals surface area contributed by atoms with Gasteiger partial charge in [-0.15, -0.1) is 0 Å². The van der Waals surface area contributed by atoms with Crippen LogP contribution in [0.4, 0.5) is 5.69 Å². The number of Topliss-reactive ketones (excluding diaryl/α,β-unsaturated/α-hetero) is 1. The fraction of sp³-hybridized carbons (Fsp3) is 0.150. The van der Waals surface area contributed by atoms with Crippen LogP contribution in [0.2, 0.25) is 5.02 Å². The molecular formula is C20H14ClN3O8. The normalized spacial score (nSPS) is 12.3. The number of carbonyl (C=O) groups is 5. The van der Waals surface area contributed by atoms with E-state index in [4.69, 9.17) is 16.3 Å². The Morgan fingerprint density at radius 3 is 2.41 bits per heavy atom. The lowest BCUT2D eigenvalue weighted by atomic mass is 10.1. The van der Waals surface area contributed by atoms with Gasteiger partial charge < -0.3 is 10.1 Å². The average Bonchev–Trinajstić information content (AvgIpc) is 3.01. The highest BCUT2D eigenvalue weighted by Crippen LogP contribution is 2.30. The van der Waals surface area contributed by atoms with Gasteiger partial charge in [0.05, 0.1) is 10.5 Å². The van der Waals surface area contributed by atoms with Crippen LogP contribution in [0.5, 0.6) is 0 Å². The third-order valence-electron chi connectivity index (χ3n) is 4.44. The first kappa shape index (κ1) is 22.6. The predicted octanol–water partition coefficient (Wildman–Crippen LogP) is 1.39. The maximum atomic E-state index is 12.4. The van der Waals surface area contributed by atoms with Crippen molar-refractivity contribution in [3.05, 3.63) is 74.3 Å². The number of amides is 3. The van der Waals surface area contributed by atoms with E-state index >= 15 is 0 Å². The van der Waals surface area contributed by atoms with Crippen LogP contribution in [0.25, 0.3) is 0 Å². The number of esters is 1. The van der Waals surface area contributed by atoms with E-state index in [9.17, 15) is 34.1 Å². The minimum atomic E-state index is -0.983. The summed E-state index contributed by atoms with van der Waals surface area (Å²) < 4.78 is 4.79. The molecule has 32 heavy (non-hydrogen) atoms. The Bertz CT molecular complexity index is 1150. The predicted molar refractivity (Wildman–Crippen MR) is 108 cm³/mol. The standard InChI is InChI=1S/C20H14ClN3O8/c21-12-6-4-11(5-7-12)15(25)10-32-17(27)8-22-16(26)9-23-19(28)13-2-1-3-14(24(30)31)18(13)20(23)29/h1-7H,8-10H2,(H,22,26). The highest BCUT2D eigenvalue weighted by atomic mass is 35.5. The number of benzene rings is 2. The minimum absolute atomic E-state index is 0.183. The van der Waals surface area contributed by atoms with E-state index < -0.39 is 65.3 Å². The SMILES string of the molecule is O=C(CN1C(=O)c2cccc([N+](=O)[O-])c2C1=O)NCC(=O)OCC(=O)c1ccc(Cl)cc1. The van der Waals surface area contributed by atoms with Gasteiger partial charge in [-0.3, -0.25) is 39.0 Å². The number of fused-ring (bicyclic) bond motifs is 1. The van der Waals surface area contributed by atoms with Crippen molar-refractivity contribution >= 4 is 46.8 Å². The highest BCUT2D eigenvalue weighted by Gasteiger charge is 2.41. The lowest BCUT2D eigenvalue weighted by Crippen LogP contribution is -2.42. The topological polar surface area (TPSA) is 153 Å². The lowest BCUT2D eigenvalue weighted by molar-refractivity contribution is -0.385. The lowest BCUT2D eigenvalue weighted by Gasteiger charge is -2.13. The summed E-state index contributed by atoms with van der Waals surface area (Å²) in [6, 6.07) is 9.52. The number of imide groups is 1. The van der Waals surface area contributed by atoms with Crippen LogP contribution in [-0.2, 0) is 14.3 Å². The van der Waals surface area contributed by atoms with Gasteiger partial charge in [0.1, 0.15) is 18.7 Å². The van der Waals surface area contributed by atoms with Gasteiger partial charge in [0.15, 0.2) is 12.4 Å². The molecule has 11 nitrogen and oxygen atoms in total. The number of hydrogen-bond acceptors (Lipinski definition) is 8. The van der Waals surface area contributed by atoms with Gasteiger partial charge in [-0.2, -0.15) is 0 Å². The number of nitrogens with zero attached hydrogens (tertiary/aromatic N) is 2.